The maximum Gasteiger partial charge on any atom is 0.277 e. The highest BCUT2D eigenvalue weighted by Crippen LogP contribution is 2.24. The van der Waals surface area contributed by atoms with Crippen molar-refractivity contribution in [2.45, 2.75) is 35.3 Å². The Morgan fingerprint density at radius 3 is 2.13 bits per heavy atom. The maximum absolute atomic E-state index is 13.4. The zero-order chi connectivity index (χ0) is 32.1. The van der Waals surface area contributed by atoms with Crippen LogP contribution >= 0.6 is 11.8 Å². The van der Waals surface area contributed by atoms with E-state index in [-0.39, 0.29) is 28.7 Å². The van der Waals surface area contributed by atoms with Crippen molar-refractivity contribution in [3.05, 3.63) is 130 Å². The van der Waals surface area contributed by atoms with Crippen LogP contribution in [0.1, 0.15) is 22.3 Å². The predicted molar refractivity (Wildman–Crippen MR) is 172 cm³/mol. The summed E-state index contributed by atoms with van der Waals surface area (Å²) in [5, 5.41) is 4.57. The molecule has 2 aromatic heterocycles. The largest absolute Gasteiger partial charge is 0.340 e. The molecule has 0 atom stereocenters. The molecule has 0 aliphatic heterocycles. The van der Waals surface area contributed by atoms with Gasteiger partial charge >= 0.3 is 0 Å². The summed E-state index contributed by atoms with van der Waals surface area (Å²) in [7, 11) is 0.254. The SMILES string of the molecule is CN(Cc1ccc(-c2ccc(S(C)(=O)=O)cc2)cc1)C(=O)Cn1cc(Cc2cnn(C)c2)c(=O)nc1SCc1ccc(F)cc1. The number of amides is 1. The Hall–Kier alpha value is -4.55. The van der Waals surface area contributed by atoms with Gasteiger partial charge in [-0.05, 0) is 52.1 Å². The first-order valence-electron chi connectivity index (χ1n) is 14.0. The molecule has 1 amide bonds. The number of aromatic nitrogens is 4. The lowest BCUT2D eigenvalue weighted by atomic mass is 10.0. The topological polar surface area (TPSA) is 107 Å². The fourth-order valence-corrected chi connectivity index (χ4v) is 6.26. The van der Waals surface area contributed by atoms with Crippen LogP contribution in [0.2, 0.25) is 0 Å². The number of carbonyl (C=O) groups excluding carboxylic acids is 1. The van der Waals surface area contributed by atoms with Crippen molar-refractivity contribution in [1.82, 2.24) is 24.2 Å². The summed E-state index contributed by atoms with van der Waals surface area (Å²) < 4.78 is 40.3. The highest BCUT2D eigenvalue weighted by atomic mass is 32.2. The number of rotatable bonds is 11. The first-order chi connectivity index (χ1) is 21.4. The fourth-order valence-electron chi connectivity index (χ4n) is 4.71. The molecule has 3 aromatic carbocycles. The van der Waals surface area contributed by atoms with Gasteiger partial charge in [-0.25, -0.2) is 12.8 Å². The number of thioether (sulfide) groups is 1. The van der Waals surface area contributed by atoms with E-state index in [1.807, 2.05) is 30.5 Å². The van der Waals surface area contributed by atoms with E-state index in [1.54, 1.807) is 77.0 Å². The summed E-state index contributed by atoms with van der Waals surface area (Å²) in [4.78, 5) is 32.6. The highest BCUT2D eigenvalue weighted by molar-refractivity contribution is 7.98. The molecule has 9 nitrogen and oxygen atoms in total. The van der Waals surface area contributed by atoms with Gasteiger partial charge in [-0.15, -0.1) is 0 Å². The Morgan fingerprint density at radius 1 is 0.911 bits per heavy atom. The zero-order valence-corrected chi connectivity index (χ0v) is 26.7. The Morgan fingerprint density at radius 2 is 1.53 bits per heavy atom. The van der Waals surface area contributed by atoms with Crippen molar-refractivity contribution in [1.29, 1.82) is 0 Å². The number of hydrogen-bond acceptors (Lipinski definition) is 7. The third-order valence-corrected chi connectivity index (χ3v) is 9.37. The van der Waals surface area contributed by atoms with Crippen LogP contribution in [0, 0.1) is 5.82 Å². The lowest BCUT2D eigenvalue weighted by Gasteiger charge is -2.20. The molecule has 0 radical (unpaired) electrons. The molecule has 0 N–H and O–H groups in total. The second kappa shape index (κ2) is 13.6. The number of nitrogens with zero attached hydrogens (tertiary/aromatic N) is 5. The Balaban J connectivity index is 1.31. The molecule has 0 aliphatic rings. The van der Waals surface area contributed by atoms with Gasteiger partial charge in [0, 0.05) is 57.0 Å². The van der Waals surface area contributed by atoms with Gasteiger partial charge in [0.1, 0.15) is 12.4 Å². The Labute approximate surface area is 265 Å². The van der Waals surface area contributed by atoms with Crippen LogP contribution in [0.5, 0.6) is 0 Å². The molecule has 45 heavy (non-hydrogen) atoms. The van der Waals surface area contributed by atoms with Gasteiger partial charge in [0.15, 0.2) is 15.0 Å². The van der Waals surface area contributed by atoms with Crippen LogP contribution in [0.3, 0.4) is 0 Å². The van der Waals surface area contributed by atoms with Crippen molar-refractivity contribution in [3.63, 3.8) is 0 Å². The van der Waals surface area contributed by atoms with Crippen molar-refractivity contribution in [2.75, 3.05) is 13.3 Å². The van der Waals surface area contributed by atoms with E-state index < -0.39 is 9.84 Å². The molecule has 12 heteroatoms. The molecule has 0 saturated heterocycles. The average molecular weight is 646 g/mol. The quantitative estimate of drug-likeness (QED) is 0.151. The van der Waals surface area contributed by atoms with E-state index in [9.17, 15) is 22.4 Å². The molecule has 2 heterocycles. The molecular weight excluding hydrogens is 614 g/mol. The van der Waals surface area contributed by atoms with Gasteiger partial charge in [0.2, 0.25) is 5.91 Å². The number of sulfone groups is 1. The molecule has 0 aliphatic carbocycles. The van der Waals surface area contributed by atoms with E-state index in [2.05, 4.69) is 10.1 Å². The Bertz CT molecular complexity index is 1970. The summed E-state index contributed by atoms with van der Waals surface area (Å²) in [5.41, 5.74) is 4.53. The van der Waals surface area contributed by atoms with Crippen LogP contribution in [0.4, 0.5) is 4.39 Å². The van der Waals surface area contributed by atoms with Crippen LogP contribution in [0.15, 0.2) is 106 Å². The minimum absolute atomic E-state index is 0.0274. The van der Waals surface area contributed by atoms with E-state index in [4.69, 9.17) is 0 Å². The zero-order valence-electron chi connectivity index (χ0n) is 25.1. The highest BCUT2D eigenvalue weighted by Gasteiger charge is 2.17. The monoisotopic (exact) mass is 645 g/mol. The van der Waals surface area contributed by atoms with Crippen LogP contribution in [-0.4, -0.2) is 51.9 Å². The minimum Gasteiger partial charge on any atom is -0.340 e. The van der Waals surface area contributed by atoms with Gasteiger partial charge in [-0.1, -0.05) is 60.3 Å². The second-order valence-corrected chi connectivity index (χ2v) is 13.8. The number of aryl methyl sites for hydroxylation is 1. The second-order valence-electron chi connectivity index (χ2n) is 10.8. The smallest absolute Gasteiger partial charge is 0.277 e. The van der Waals surface area contributed by atoms with Crippen molar-refractivity contribution >= 4 is 27.5 Å². The van der Waals surface area contributed by atoms with Gasteiger partial charge in [-0.3, -0.25) is 14.3 Å². The molecule has 232 valence electrons. The third kappa shape index (κ3) is 8.34. The third-order valence-electron chi connectivity index (χ3n) is 7.18. The van der Waals surface area contributed by atoms with Crippen molar-refractivity contribution < 1.29 is 17.6 Å². The molecule has 0 unspecified atom stereocenters. The Kier molecular flexibility index (Phi) is 9.64. The van der Waals surface area contributed by atoms with E-state index in [0.29, 0.717) is 29.4 Å². The maximum atomic E-state index is 13.4. The summed E-state index contributed by atoms with van der Waals surface area (Å²) >= 11 is 1.31. The summed E-state index contributed by atoms with van der Waals surface area (Å²) in [5.74, 6) is -0.0518. The number of halogens is 1. The molecule has 5 aromatic rings. The molecule has 5 rings (SSSR count). The first-order valence-corrected chi connectivity index (χ1v) is 16.9. The van der Waals surface area contributed by atoms with Crippen molar-refractivity contribution in [2.24, 2.45) is 7.05 Å². The number of hydrogen-bond donors (Lipinski definition) is 0. The molecule has 0 fully saturated rings. The first kappa shape index (κ1) is 31.9. The number of likely N-dealkylation sites (N-methyl/N-ethyl adjacent to an activating group) is 1. The molecule has 0 bridgehead atoms. The average Bonchev–Trinajstić information content (AvgIpc) is 3.43. The summed E-state index contributed by atoms with van der Waals surface area (Å²) in [6.07, 6.45) is 6.71. The lowest BCUT2D eigenvalue weighted by molar-refractivity contribution is -0.131. The predicted octanol–water partition coefficient (Wildman–Crippen LogP) is 4.73. The van der Waals surface area contributed by atoms with E-state index in [1.165, 1.54) is 30.2 Å². The van der Waals surface area contributed by atoms with Gasteiger partial charge < -0.3 is 9.47 Å². The summed E-state index contributed by atoms with van der Waals surface area (Å²) in [6, 6.07) is 20.6. The minimum atomic E-state index is -3.27. The number of carbonyl (C=O) groups is 1. The van der Waals surface area contributed by atoms with Crippen LogP contribution in [0.25, 0.3) is 11.1 Å². The van der Waals surface area contributed by atoms with Gasteiger partial charge in [0.25, 0.3) is 5.56 Å². The lowest BCUT2D eigenvalue weighted by Crippen LogP contribution is -2.31. The van der Waals surface area contributed by atoms with Gasteiger partial charge in [0.05, 0.1) is 11.1 Å². The van der Waals surface area contributed by atoms with Crippen LogP contribution < -0.4 is 5.56 Å². The van der Waals surface area contributed by atoms with Crippen LogP contribution in [-0.2, 0) is 46.9 Å². The summed E-state index contributed by atoms with van der Waals surface area (Å²) in [6.45, 7) is 0.334. The molecular formula is C33H32FN5O4S2. The fraction of sp³-hybridized carbons (Fsp3) is 0.212. The normalized spacial score (nSPS) is 11.5. The molecule has 0 saturated carbocycles. The standard InChI is InChI=1S/C33H32FN5O4S2/c1-37(18-23-4-8-26(9-5-23)27-10-14-30(15-11-27)45(3,42)43)31(40)21-39-20-28(16-25-17-35-38(2)19-25)32(41)36-33(39)44-22-24-6-12-29(34)13-7-24/h4-15,17,19-20H,16,18,21-22H2,1-3H3. The van der Waals surface area contributed by atoms with Crippen molar-refractivity contribution in [3.8, 4) is 11.1 Å². The molecule has 0 spiro atoms. The van der Waals surface area contributed by atoms with E-state index in [0.717, 1.165) is 27.8 Å². The van der Waals surface area contributed by atoms with Gasteiger partial charge in [-0.2, -0.15) is 10.1 Å². The number of benzene rings is 3. The van der Waals surface area contributed by atoms with E-state index >= 15 is 0 Å².